The van der Waals surface area contributed by atoms with Gasteiger partial charge in [0.25, 0.3) is 0 Å². The highest BCUT2D eigenvalue weighted by atomic mass is 79.9. The summed E-state index contributed by atoms with van der Waals surface area (Å²) in [7, 11) is 0. The molecule has 0 unspecified atom stereocenters. The summed E-state index contributed by atoms with van der Waals surface area (Å²) in [5, 5.41) is 9.22. The number of nitriles is 1. The van der Waals surface area contributed by atoms with Crippen LogP contribution in [-0.2, 0) is 0 Å². The van der Waals surface area contributed by atoms with Crippen molar-refractivity contribution in [3.05, 3.63) is 28.2 Å². The molecular formula is C15H19BrN2. The predicted molar refractivity (Wildman–Crippen MR) is 78.7 cm³/mol. The SMILES string of the molecule is CCC1(CC)CCN(c2cc(Br)ccc2C#N)C1. The standard InChI is InChI=1S/C15H19BrN2/c1-3-15(4-2)7-8-18(11-15)14-9-13(16)6-5-12(14)10-17/h5-6,9H,3-4,7-8,11H2,1-2H3. The molecule has 1 aliphatic rings. The minimum Gasteiger partial charge on any atom is -0.370 e. The second-order valence-corrected chi connectivity index (χ2v) is 6.07. The summed E-state index contributed by atoms with van der Waals surface area (Å²) in [6.07, 6.45) is 3.67. The molecule has 0 aromatic heterocycles. The topological polar surface area (TPSA) is 27.0 Å². The lowest BCUT2D eigenvalue weighted by Gasteiger charge is -2.27. The van der Waals surface area contributed by atoms with Gasteiger partial charge in [0.05, 0.1) is 11.3 Å². The molecule has 0 saturated carbocycles. The van der Waals surface area contributed by atoms with Gasteiger partial charge in [0.2, 0.25) is 0 Å². The molecule has 0 radical (unpaired) electrons. The van der Waals surface area contributed by atoms with E-state index in [1.54, 1.807) is 0 Å². The number of hydrogen-bond donors (Lipinski definition) is 0. The average molecular weight is 307 g/mol. The summed E-state index contributed by atoms with van der Waals surface area (Å²) >= 11 is 3.50. The first-order valence-electron chi connectivity index (χ1n) is 6.59. The van der Waals surface area contributed by atoms with Crippen LogP contribution in [0.25, 0.3) is 0 Å². The maximum absolute atomic E-state index is 9.22. The van der Waals surface area contributed by atoms with Crippen molar-refractivity contribution in [2.45, 2.75) is 33.1 Å². The molecular weight excluding hydrogens is 288 g/mol. The quantitative estimate of drug-likeness (QED) is 0.830. The summed E-state index contributed by atoms with van der Waals surface area (Å²) in [6, 6.07) is 8.21. The molecule has 18 heavy (non-hydrogen) atoms. The Hall–Kier alpha value is -1.01. The van der Waals surface area contributed by atoms with Crippen molar-refractivity contribution in [1.29, 1.82) is 5.26 Å². The number of anilines is 1. The molecule has 1 aromatic carbocycles. The van der Waals surface area contributed by atoms with Gasteiger partial charge in [0, 0.05) is 17.6 Å². The second kappa shape index (κ2) is 5.32. The van der Waals surface area contributed by atoms with Crippen LogP contribution in [0.15, 0.2) is 22.7 Å². The highest BCUT2D eigenvalue weighted by molar-refractivity contribution is 9.10. The zero-order valence-corrected chi connectivity index (χ0v) is 12.6. The van der Waals surface area contributed by atoms with Gasteiger partial charge >= 0.3 is 0 Å². The number of halogens is 1. The van der Waals surface area contributed by atoms with E-state index in [9.17, 15) is 5.26 Å². The summed E-state index contributed by atoms with van der Waals surface area (Å²) in [5.41, 5.74) is 2.30. The van der Waals surface area contributed by atoms with Gasteiger partial charge in [0.1, 0.15) is 6.07 Å². The molecule has 1 aromatic rings. The number of rotatable bonds is 3. The van der Waals surface area contributed by atoms with Crippen molar-refractivity contribution >= 4 is 21.6 Å². The minimum absolute atomic E-state index is 0.440. The predicted octanol–water partition coefficient (Wildman–Crippen LogP) is 4.34. The Balaban J connectivity index is 2.29. The van der Waals surface area contributed by atoms with Crippen LogP contribution in [0.1, 0.15) is 38.7 Å². The van der Waals surface area contributed by atoms with E-state index in [2.05, 4.69) is 46.8 Å². The largest absolute Gasteiger partial charge is 0.370 e. The fraction of sp³-hybridized carbons (Fsp3) is 0.533. The number of benzene rings is 1. The lowest BCUT2D eigenvalue weighted by molar-refractivity contribution is 0.301. The zero-order chi connectivity index (χ0) is 13.2. The monoisotopic (exact) mass is 306 g/mol. The zero-order valence-electron chi connectivity index (χ0n) is 11.0. The van der Waals surface area contributed by atoms with Gasteiger partial charge in [-0.3, -0.25) is 0 Å². The fourth-order valence-corrected chi connectivity index (χ4v) is 3.18. The molecule has 1 saturated heterocycles. The highest BCUT2D eigenvalue weighted by Crippen LogP contribution is 2.40. The van der Waals surface area contributed by atoms with Crippen molar-refractivity contribution in [2.75, 3.05) is 18.0 Å². The van der Waals surface area contributed by atoms with Crippen molar-refractivity contribution in [3.63, 3.8) is 0 Å². The molecule has 3 heteroatoms. The first kappa shape index (κ1) is 13.4. The molecule has 0 N–H and O–H groups in total. The van der Waals surface area contributed by atoms with Gasteiger partial charge in [-0.05, 0) is 42.9 Å². The van der Waals surface area contributed by atoms with E-state index in [0.29, 0.717) is 5.41 Å². The van der Waals surface area contributed by atoms with Crippen LogP contribution in [0.3, 0.4) is 0 Å². The summed E-state index contributed by atoms with van der Waals surface area (Å²) in [6.45, 7) is 6.69. The first-order valence-corrected chi connectivity index (χ1v) is 7.38. The molecule has 0 amide bonds. The smallest absolute Gasteiger partial charge is 0.101 e. The summed E-state index contributed by atoms with van der Waals surface area (Å²) in [5.74, 6) is 0. The van der Waals surface area contributed by atoms with Gasteiger partial charge in [-0.1, -0.05) is 29.8 Å². The molecule has 1 fully saturated rings. The Labute approximate surface area is 118 Å². The third kappa shape index (κ3) is 2.40. The van der Waals surface area contributed by atoms with Crippen LogP contribution < -0.4 is 4.90 Å². The van der Waals surface area contributed by atoms with Crippen LogP contribution >= 0.6 is 15.9 Å². The Morgan fingerprint density at radius 1 is 1.39 bits per heavy atom. The maximum Gasteiger partial charge on any atom is 0.101 e. The van der Waals surface area contributed by atoms with Crippen molar-refractivity contribution in [1.82, 2.24) is 0 Å². The van der Waals surface area contributed by atoms with E-state index >= 15 is 0 Å². The fourth-order valence-electron chi connectivity index (χ4n) is 2.83. The van der Waals surface area contributed by atoms with Crippen LogP contribution in [0, 0.1) is 16.7 Å². The molecule has 96 valence electrons. The van der Waals surface area contributed by atoms with Crippen molar-refractivity contribution < 1.29 is 0 Å². The molecule has 0 spiro atoms. The lowest BCUT2D eigenvalue weighted by Crippen LogP contribution is -2.26. The molecule has 0 aliphatic carbocycles. The average Bonchev–Trinajstić information content (AvgIpc) is 2.83. The highest BCUT2D eigenvalue weighted by Gasteiger charge is 2.35. The van der Waals surface area contributed by atoms with Crippen LogP contribution in [0.2, 0.25) is 0 Å². The van der Waals surface area contributed by atoms with E-state index in [-0.39, 0.29) is 0 Å². The van der Waals surface area contributed by atoms with Crippen LogP contribution in [-0.4, -0.2) is 13.1 Å². The molecule has 0 bridgehead atoms. The normalized spacial score (nSPS) is 17.8. The third-order valence-corrected chi connectivity index (χ3v) is 4.85. The van der Waals surface area contributed by atoms with E-state index in [0.717, 1.165) is 28.8 Å². The van der Waals surface area contributed by atoms with E-state index in [1.165, 1.54) is 19.3 Å². The van der Waals surface area contributed by atoms with E-state index < -0.39 is 0 Å². The maximum atomic E-state index is 9.22. The lowest BCUT2D eigenvalue weighted by atomic mass is 9.82. The third-order valence-electron chi connectivity index (χ3n) is 4.36. The molecule has 0 atom stereocenters. The Morgan fingerprint density at radius 2 is 2.11 bits per heavy atom. The van der Waals surface area contributed by atoms with Crippen molar-refractivity contribution in [3.8, 4) is 6.07 Å². The van der Waals surface area contributed by atoms with E-state index in [1.807, 2.05) is 12.1 Å². The van der Waals surface area contributed by atoms with Gasteiger partial charge in [-0.2, -0.15) is 5.26 Å². The Bertz CT molecular complexity index is 472. The first-order chi connectivity index (χ1) is 8.64. The Morgan fingerprint density at radius 3 is 2.67 bits per heavy atom. The molecule has 2 nitrogen and oxygen atoms in total. The van der Waals surface area contributed by atoms with Gasteiger partial charge in [-0.25, -0.2) is 0 Å². The molecule has 1 heterocycles. The minimum atomic E-state index is 0.440. The van der Waals surface area contributed by atoms with Gasteiger partial charge < -0.3 is 4.90 Å². The van der Waals surface area contributed by atoms with Gasteiger partial charge in [0.15, 0.2) is 0 Å². The Kier molecular flexibility index (Phi) is 3.97. The summed E-state index contributed by atoms with van der Waals surface area (Å²) < 4.78 is 1.04. The molecule has 1 aliphatic heterocycles. The van der Waals surface area contributed by atoms with Crippen LogP contribution in [0.5, 0.6) is 0 Å². The molecule has 2 rings (SSSR count). The summed E-state index contributed by atoms with van der Waals surface area (Å²) in [4.78, 5) is 2.37. The number of hydrogen-bond acceptors (Lipinski definition) is 2. The number of nitrogens with zero attached hydrogens (tertiary/aromatic N) is 2. The van der Waals surface area contributed by atoms with Gasteiger partial charge in [-0.15, -0.1) is 0 Å². The second-order valence-electron chi connectivity index (χ2n) is 5.15. The van der Waals surface area contributed by atoms with E-state index in [4.69, 9.17) is 0 Å². The van der Waals surface area contributed by atoms with Crippen molar-refractivity contribution in [2.24, 2.45) is 5.41 Å². The van der Waals surface area contributed by atoms with Crippen LogP contribution in [0.4, 0.5) is 5.69 Å².